The Morgan fingerprint density at radius 2 is 1.58 bits per heavy atom. The number of amides is 1. The molecule has 0 spiro atoms. The van der Waals surface area contributed by atoms with Crippen molar-refractivity contribution < 1.29 is 44.6 Å². The summed E-state index contributed by atoms with van der Waals surface area (Å²) in [5.41, 5.74) is -4.53. The first-order valence-corrected chi connectivity index (χ1v) is 12.2. The van der Waals surface area contributed by atoms with Crippen LogP contribution in [0.5, 0.6) is 0 Å². The minimum atomic E-state index is -5.76. The van der Waals surface area contributed by atoms with Gasteiger partial charge in [0.1, 0.15) is 0 Å². The molecule has 0 aliphatic heterocycles. The molecule has 0 aromatic heterocycles. The number of carbonyl (C=O) groups is 1. The second kappa shape index (κ2) is 10.9. The Morgan fingerprint density at radius 3 is 2.03 bits per heavy atom. The van der Waals surface area contributed by atoms with Crippen LogP contribution in [0.15, 0.2) is 48.5 Å². The number of ether oxygens (including phenoxy) is 1. The van der Waals surface area contributed by atoms with Crippen LogP contribution in [0.25, 0.3) is 0 Å². The molecule has 36 heavy (non-hydrogen) atoms. The van der Waals surface area contributed by atoms with Gasteiger partial charge in [0.15, 0.2) is 0 Å². The molecule has 2 unspecified atom stereocenters. The summed E-state index contributed by atoms with van der Waals surface area (Å²) in [5.74, 6) is -0.914. The minimum absolute atomic E-state index is 0.00739. The summed E-state index contributed by atoms with van der Waals surface area (Å²) in [4.78, 5) is 12.3. The Kier molecular flexibility index (Phi) is 8.51. The predicted octanol–water partition coefficient (Wildman–Crippen LogP) is 5.94. The topological polar surface area (TPSA) is 78.5 Å². The number of nitrogens with one attached hydrogen (secondary N) is 1. The summed E-state index contributed by atoms with van der Waals surface area (Å²) in [6.07, 6.45) is -9.91. The molecule has 1 amide bonds. The fourth-order valence-electron chi connectivity index (χ4n) is 3.83. The highest BCUT2D eigenvalue weighted by Gasteiger charge is 2.73. The quantitative estimate of drug-likeness (QED) is 0.318. The first-order valence-electron chi connectivity index (χ1n) is 11.1. The van der Waals surface area contributed by atoms with Gasteiger partial charge in [0.2, 0.25) is 5.91 Å². The van der Waals surface area contributed by atoms with E-state index in [0.29, 0.717) is 36.1 Å². The van der Waals surface area contributed by atoms with Crippen LogP contribution >= 0.6 is 0 Å². The average molecular weight is 537 g/mol. The number of alkyl halides is 6. The fourth-order valence-corrected chi connectivity index (χ4v) is 4.21. The van der Waals surface area contributed by atoms with Gasteiger partial charge >= 0.3 is 12.4 Å². The Morgan fingerprint density at radius 1 is 1.03 bits per heavy atom. The van der Waals surface area contributed by atoms with E-state index in [1.165, 1.54) is 6.92 Å². The van der Waals surface area contributed by atoms with Crippen LogP contribution in [0, 0.1) is 5.92 Å². The normalized spacial score (nSPS) is 16.8. The van der Waals surface area contributed by atoms with Gasteiger partial charge in [0.25, 0.3) is 5.60 Å². The summed E-state index contributed by atoms with van der Waals surface area (Å²) in [5, 5.41) is 1.70. The molecule has 1 N–H and O–H groups in total. The third kappa shape index (κ3) is 6.09. The lowest BCUT2D eigenvalue weighted by atomic mass is 9.85. The Bertz CT molecular complexity index is 1050. The standard InChI is InChI=1S/C24H25F6NO4S/c1-15(36(33)34)18-7-5-16(6-8-18)13-21(32)31-20-11-9-19(10-12-20)22(23(25,26)27,24(28,29)30)35-14-17-3-2-4-17/h5-12,15,17H,2-4,13-14H2,1H3,(H,31,32)(H,33,34)/p-1. The first-order chi connectivity index (χ1) is 16.7. The molecule has 198 valence electrons. The molecule has 1 saturated carbocycles. The van der Waals surface area contributed by atoms with Crippen LogP contribution in [-0.4, -0.2) is 33.6 Å². The van der Waals surface area contributed by atoms with E-state index in [0.717, 1.165) is 18.6 Å². The van der Waals surface area contributed by atoms with Crippen LogP contribution in [0.1, 0.15) is 48.1 Å². The van der Waals surface area contributed by atoms with Crippen molar-refractivity contribution in [2.45, 2.75) is 55.8 Å². The lowest BCUT2D eigenvalue weighted by Crippen LogP contribution is -2.56. The van der Waals surface area contributed by atoms with Gasteiger partial charge in [-0.1, -0.05) is 42.8 Å². The third-order valence-corrected chi connectivity index (χ3v) is 7.09. The van der Waals surface area contributed by atoms with Gasteiger partial charge in [-0.25, -0.2) is 0 Å². The molecule has 1 fully saturated rings. The lowest BCUT2D eigenvalue weighted by molar-refractivity contribution is -0.392. The van der Waals surface area contributed by atoms with Gasteiger partial charge in [-0.05, 0) is 60.0 Å². The SMILES string of the molecule is CC(c1ccc(CC(=O)Nc2ccc(C(OCC3CCC3)(C(F)(F)F)C(F)(F)F)cc2)cc1)S(=O)[O-]. The van der Waals surface area contributed by atoms with E-state index in [2.05, 4.69) is 10.1 Å². The van der Waals surface area contributed by atoms with Crippen molar-refractivity contribution in [3.05, 3.63) is 65.2 Å². The van der Waals surface area contributed by atoms with E-state index in [-0.39, 0.29) is 18.0 Å². The summed E-state index contributed by atoms with van der Waals surface area (Å²) >= 11 is -2.31. The molecule has 12 heteroatoms. The molecule has 0 heterocycles. The van der Waals surface area contributed by atoms with Crippen molar-refractivity contribution in [3.8, 4) is 0 Å². The second-order valence-electron chi connectivity index (χ2n) is 8.73. The largest absolute Gasteiger partial charge is 0.772 e. The van der Waals surface area contributed by atoms with Crippen molar-refractivity contribution >= 4 is 22.7 Å². The van der Waals surface area contributed by atoms with Crippen molar-refractivity contribution in [3.63, 3.8) is 0 Å². The molecular weight excluding hydrogens is 512 g/mol. The zero-order valence-electron chi connectivity index (χ0n) is 19.1. The van der Waals surface area contributed by atoms with Crippen molar-refractivity contribution in [2.24, 2.45) is 5.92 Å². The summed E-state index contributed by atoms with van der Waals surface area (Å²) in [6, 6.07) is 9.43. The van der Waals surface area contributed by atoms with E-state index in [1.807, 2.05) is 0 Å². The highest BCUT2D eigenvalue weighted by atomic mass is 32.2. The van der Waals surface area contributed by atoms with Crippen LogP contribution in [-0.2, 0) is 32.6 Å². The van der Waals surface area contributed by atoms with Crippen molar-refractivity contribution in [2.75, 3.05) is 11.9 Å². The smallest absolute Gasteiger partial charge is 0.430 e. The number of benzene rings is 2. The van der Waals surface area contributed by atoms with Gasteiger partial charge in [-0.2, -0.15) is 26.3 Å². The minimum Gasteiger partial charge on any atom is -0.772 e. The van der Waals surface area contributed by atoms with Crippen LogP contribution in [0.3, 0.4) is 0 Å². The van der Waals surface area contributed by atoms with Gasteiger partial charge in [0.05, 0.1) is 13.0 Å². The van der Waals surface area contributed by atoms with E-state index in [1.54, 1.807) is 24.3 Å². The Balaban J connectivity index is 1.74. The second-order valence-corrected chi connectivity index (χ2v) is 9.96. The maximum Gasteiger partial charge on any atom is 0.430 e. The molecule has 2 aromatic carbocycles. The highest BCUT2D eigenvalue weighted by molar-refractivity contribution is 7.79. The molecule has 2 atom stereocenters. The number of hydrogen-bond acceptors (Lipinski definition) is 4. The number of anilines is 1. The Hall–Kier alpha value is -2.44. The third-order valence-electron chi connectivity index (χ3n) is 6.24. The van der Waals surface area contributed by atoms with Gasteiger partial charge < -0.3 is 14.6 Å². The fraction of sp³-hybridized carbons (Fsp3) is 0.458. The maximum absolute atomic E-state index is 13.9. The molecule has 0 bridgehead atoms. The first kappa shape index (κ1) is 28.1. The molecular formula is C24H24F6NO4S-. The van der Waals surface area contributed by atoms with E-state index < -0.39 is 52.4 Å². The zero-order valence-corrected chi connectivity index (χ0v) is 19.9. The van der Waals surface area contributed by atoms with Crippen LogP contribution in [0.2, 0.25) is 0 Å². The average Bonchev–Trinajstić information content (AvgIpc) is 2.74. The summed E-state index contributed by atoms with van der Waals surface area (Å²) in [6.45, 7) is 0.832. The number of rotatable bonds is 9. The summed E-state index contributed by atoms with van der Waals surface area (Å²) < 4.78 is 110. The molecule has 0 saturated heterocycles. The summed E-state index contributed by atoms with van der Waals surface area (Å²) in [7, 11) is 0. The van der Waals surface area contributed by atoms with Crippen LogP contribution < -0.4 is 5.32 Å². The van der Waals surface area contributed by atoms with Gasteiger partial charge in [-0.3, -0.25) is 9.00 Å². The van der Waals surface area contributed by atoms with Crippen molar-refractivity contribution in [1.82, 2.24) is 0 Å². The van der Waals surface area contributed by atoms with Gasteiger partial charge in [0, 0.05) is 16.5 Å². The van der Waals surface area contributed by atoms with Gasteiger partial charge in [-0.15, -0.1) is 0 Å². The van der Waals surface area contributed by atoms with E-state index in [9.17, 15) is 39.9 Å². The predicted molar refractivity (Wildman–Crippen MR) is 120 cm³/mol. The zero-order chi connectivity index (χ0) is 26.7. The number of halogens is 6. The van der Waals surface area contributed by atoms with Crippen molar-refractivity contribution in [1.29, 1.82) is 0 Å². The molecule has 1 aliphatic carbocycles. The molecule has 1 aliphatic rings. The highest BCUT2D eigenvalue weighted by Crippen LogP contribution is 2.53. The number of carbonyl (C=O) groups excluding carboxylic acids is 1. The van der Waals surface area contributed by atoms with E-state index >= 15 is 0 Å². The molecule has 0 radical (unpaired) electrons. The maximum atomic E-state index is 13.9. The number of hydrogen-bond donors (Lipinski definition) is 1. The van der Waals surface area contributed by atoms with Crippen LogP contribution in [0.4, 0.5) is 32.0 Å². The monoisotopic (exact) mass is 536 g/mol. The Labute approximate surface area is 206 Å². The van der Waals surface area contributed by atoms with E-state index in [4.69, 9.17) is 0 Å². The molecule has 3 rings (SSSR count). The molecule has 2 aromatic rings. The molecule has 5 nitrogen and oxygen atoms in total. The lowest BCUT2D eigenvalue weighted by Gasteiger charge is -2.39.